The first kappa shape index (κ1) is 13.7. The lowest BCUT2D eigenvalue weighted by atomic mass is 10.0. The van der Waals surface area contributed by atoms with Gasteiger partial charge in [-0.05, 0) is 24.3 Å². The summed E-state index contributed by atoms with van der Waals surface area (Å²) in [5, 5.41) is 5.04. The average molecular weight is 275 g/mol. The predicted molar refractivity (Wildman–Crippen MR) is 76.1 cm³/mol. The Morgan fingerprint density at radius 3 is 2.63 bits per heavy atom. The number of hydrogen-bond acceptors (Lipinski definition) is 4. The monoisotopic (exact) mass is 275 g/mol. The number of carbonyl (C=O) groups excluding carboxylic acids is 1. The van der Waals surface area contributed by atoms with Crippen LogP contribution in [0.1, 0.15) is 40.9 Å². The van der Waals surface area contributed by atoms with Crippen molar-refractivity contribution in [2.45, 2.75) is 26.8 Å². The van der Waals surface area contributed by atoms with Crippen LogP contribution in [-0.4, -0.2) is 15.9 Å². The Bertz CT molecular complexity index is 534. The smallest absolute Gasteiger partial charge is 0.271 e. The Morgan fingerprint density at radius 1 is 1.32 bits per heavy atom. The van der Waals surface area contributed by atoms with Crippen molar-refractivity contribution in [2.24, 2.45) is 5.92 Å². The highest BCUT2D eigenvalue weighted by Crippen LogP contribution is 2.25. The fraction of sp³-hybridized carbons (Fsp3) is 0.357. The van der Waals surface area contributed by atoms with E-state index in [2.05, 4.69) is 29.1 Å². The number of aryl methyl sites for hydroxylation is 1. The third kappa shape index (κ3) is 3.38. The zero-order valence-corrected chi connectivity index (χ0v) is 12.1. The Kier molecular flexibility index (Phi) is 4.27. The van der Waals surface area contributed by atoms with Crippen LogP contribution in [0.5, 0.6) is 0 Å². The lowest BCUT2D eigenvalue weighted by molar-refractivity contribution is 0.0921. The number of carbonyl (C=O) groups is 1. The second-order valence-corrected chi connectivity index (χ2v) is 5.73. The molecule has 2 aromatic rings. The summed E-state index contributed by atoms with van der Waals surface area (Å²) in [5.74, 6) is 0.139. The fourth-order valence-electron chi connectivity index (χ4n) is 1.76. The van der Waals surface area contributed by atoms with Crippen molar-refractivity contribution in [3.8, 4) is 0 Å². The van der Waals surface area contributed by atoms with E-state index in [4.69, 9.17) is 0 Å². The molecule has 0 aliphatic carbocycles. The quantitative estimate of drug-likeness (QED) is 0.933. The highest BCUT2D eigenvalue weighted by molar-refractivity contribution is 7.10. The van der Waals surface area contributed by atoms with Crippen molar-refractivity contribution in [3.63, 3.8) is 0 Å². The molecule has 0 spiro atoms. The molecule has 5 heteroatoms. The van der Waals surface area contributed by atoms with Crippen molar-refractivity contribution in [3.05, 3.63) is 46.2 Å². The van der Waals surface area contributed by atoms with Gasteiger partial charge in [-0.15, -0.1) is 11.3 Å². The van der Waals surface area contributed by atoms with Crippen LogP contribution in [0, 0.1) is 12.8 Å². The van der Waals surface area contributed by atoms with Crippen molar-refractivity contribution in [1.29, 1.82) is 0 Å². The summed E-state index contributed by atoms with van der Waals surface area (Å²) < 4.78 is 0. The molecule has 0 aromatic carbocycles. The molecule has 0 aliphatic heterocycles. The lowest BCUT2D eigenvalue weighted by Crippen LogP contribution is -2.31. The molecule has 0 aliphatic rings. The molecular formula is C14H17N3OS. The van der Waals surface area contributed by atoms with Crippen molar-refractivity contribution < 1.29 is 4.79 Å². The SMILES string of the molecule is Cc1cnc(C(=O)NC(c2cccs2)C(C)C)cn1. The Morgan fingerprint density at radius 2 is 2.11 bits per heavy atom. The van der Waals surface area contributed by atoms with Crippen molar-refractivity contribution in [2.75, 3.05) is 0 Å². The first-order chi connectivity index (χ1) is 9.08. The molecule has 1 atom stereocenters. The molecule has 2 rings (SSSR count). The number of amides is 1. The summed E-state index contributed by atoms with van der Waals surface area (Å²) in [6.45, 7) is 6.02. The van der Waals surface area contributed by atoms with E-state index in [0.29, 0.717) is 11.6 Å². The summed E-state index contributed by atoms with van der Waals surface area (Å²) in [7, 11) is 0. The molecule has 1 N–H and O–H groups in total. The third-order valence-electron chi connectivity index (χ3n) is 2.82. The second-order valence-electron chi connectivity index (χ2n) is 4.75. The highest BCUT2D eigenvalue weighted by Gasteiger charge is 2.20. The summed E-state index contributed by atoms with van der Waals surface area (Å²) in [4.78, 5) is 21.5. The summed E-state index contributed by atoms with van der Waals surface area (Å²) >= 11 is 1.65. The van der Waals surface area contributed by atoms with Gasteiger partial charge in [-0.2, -0.15) is 0 Å². The maximum absolute atomic E-state index is 12.2. The predicted octanol–water partition coefficient (Wildman–Crippen LogP) is 2.97. The zero-order valence-electron chi connectivity index (χ0n) is 11.3. The largest absolute Gasteiger partial charge is 0.343 e. The first-order valence-electron chi connectivity index (χ1n) is 6.21. The minimum Gasteiger partial charge on any atom is -0.343 e. The second kappa shape index (κ2) is 5.93. The Balaban J connectivity index is 2.14. The van der Waals surface area contributed by atoms with Gasteiger partial charge in [0.15, 0.2) is 0 Å². The van der Waals surface area contributed by atoms with Gasteiger partial charge in [-0.25, -0.2) is 4.98 Å². The molecule has 100 valence electrons. The van der Waals surface area contributed by atoms with Gasteiger partial charge in [-0.3, -0.25) is 9.78 Å². The standard InChI is InChI=1S/C14H17N3OS/c1-9(2)13(12-5-4-6-19-12)17-14(18)11-8-15-10(3)7-16-11/h4-9,13H,1-3H3,(H,17,18). The summed E-state index contributed by atoms with van der Waals surface area (Å²) in [5.41, 5.74) is 1.16. The van der Waals surface area contributed by atoms with Gasteiger partial charge >= 0.3 is 0 Å². The van der Waals surface area contributed by atoms with Gasteiger partial charge in [0.1, 0.15) is 5.69 Å². The number of thiophene rings is 1. The molecule has 0 saturated carbocycles. The maximum Gasteiger partial charge on any atom is 0.271 e. The molecule has 0 saturated heterocycles. The van der Waals surface area contributed by atoms with Gasteiger partial charge < -0.3 is 5.32 Å². The molecule has 4 nitrogen and oxygen atoms in total. The van der Waals surface area contributed by atoms with Crippen molar-refractivity contribution in [1.82, 2.24) is 15.3 Å². The van der Waals surface area contributed by atoms with E-state index in [-0.39, 0.29) is 11.9 Å². The molecule has 1 amide bonds. The van der Waals surface area contributed by atoms with E-state index < -0.39 is 0 Å². The van der Waals surface area contributed by atoms with Gasteiger partial charge in [0.05, 0.1) is 17.9 Å². The number of aromatic nitrogens is 2. The molecule has 1 unspecified atom stereocenters. The number of nitrogens with zero attached hydrogens (tertiary/aromatic N) is 2. The Labute approximate surface area is 116 Å². The van der Waals surface area contributed by atoms with E-state index in [1.165, 1.54) is 6.20 Å². The fourth-order valence-corrected chi connectivity index (χ4v) is 2.71. The first-order valence-corrected chi connectivity index (χ1v) is 7.09. The highest BCUT2D eigenvalue weighted by atomic mass is 32.1. The number of hydrogen-bond donors (Lipinski definition) is 1. The number of rotatable bonds is 4. The van der Waals surface area contributed by atoms with Gasteiger partial charge in [0.2, 0.25) is 0 Å². The molecule has 2 heterocycles. The molecule has 19 heavy (non-hydrogen) atoms. The van der Waals surface area contributed by atoms with Crippen LogP contribution >= 0.6 is 11.3 Å². The molecule has 0 bridgehead atoms. The van der Waals surface area contributed by atoms with Gasteiger partial charge in [0.25, 0.3) is 5.91 Å². The van der Waals surface area contributed by atoms with Gasteiger partial charge in [-0.1, -0.05) is 19.9 Å². The van der Waals surface area contributed by atoms with E-state index in [1.54, 1.807) is 17.5 Å². The van der Waals surface area contributed by atoms with Crippen LogP contribution in [0.2, 0.25) is 0 Å². The topological polar surface area (TPSA) is 54.9 Å². The maximum atomic E-state index is 12.2. The third-order valence-corrected chi connectivity index (χ3v) is 3.77. The minimum absolute atomic E-state index is 0.00982. The van der Waals surface area contributed by atoms with Crippen LogP contribution in [0.25, 0.3) is 0 Å². The van der Waals surface area contributed by atoms with E-state index in [9.17, 15) is 4.79 Å². The molecular weight excluding hydrogens is 258 g/mol. The molecule has 0 fully saturated rings. The Hall–Kier alpha value is -1.75. The molecule has 0 radical (unpaired) electrons. The van der Waals surface area contributed by atoms with E-state index in [1.807, 2.05) is 24.4 Å². The van der Waals surface area contributed by atoms with Gasteiger partial charge in [0, 0.05) is 11.1 Å². The summed E-state index contributed by atoms with van der Waals surface area (Å²) in [6, 6.07) is 4.04. The number of nitrogens with one attached hydrogen (secondary N) is 1. The summed E-state index contributed by atoms with van der Waals surface area (Å²) in [6.07, 6.45) is 3.11. The van der Waals surface area contributed by atoms with Crippen LogP contribution in [-0.2, 0) is 0 Å². The van der Waals surface area contributed by atoms with Crippen LogP contribution < -0.4 is 5.32 Å². The normalized spacial score (nSPS) is 12.4. The molecule has 2 aromatic heterocycles. The zero-order chi connectivity index (χ0) is 13.8. The van der Waals surface area contributed by atoms with Crippen LogP contribution in [0.15, 0.2) is 29.9 Å². The minimum atomic E-state index is -0.181. The van der Waals surface area contributed by atoms with Crippen molar-refractivity contribution >= 4 is 17.2 Å². The van der Waals surface area contributed by atoms with E-state index in [0.717, 1.165) is 10.6 Å². The van der Waals surface area contributed by atoms with Crippen LogP contribution in [0.4, 0.5) is 0 Å². The van der Waals surface area contributed by atoms with Crippen LogP contribution in [0.3, 0.4) is 0 Å². The lowest BCUT2D eigenvalue weighted by Gasteiger charge is -2.20. The van der Waals surface area contributed by atoms with E-state index >= 15 is 0 Å². The average Bonchev–Trinajstić information content (AvgIpc) is 2.89.